The summed E-state index contributed by atoms with van der Waals surface area (Å²) in [6.45, 7) is 4.79. The van der Waals surface area contributed by atoms with E-state index in [1.165, 1.54) is 18.5 Å². The van der Waals surface area contributed by atoms with Crippen LogP contribution in [0.15, 0.2) is 67.6 Å². The minimum Gasteiger partial charge on any atom is -0.323 e. The van der Waals surface area contributed by atoms with Crippen LogP contribution in [-0.4, -0.2) is 49.9 Å². The van der Waals surface area contributed by atoms with Crippen LogP contribution in [-0.2, 0) is 9.63 Å². The van der Waals surface area contributed by atoms with Crippen molar-refractivity contribution in [3.63, 3.8) is 0 Å². The van der Waals surface area contributed by atoms with Crippen molar-refractivity contribution in [3.8, 4) is 11.3 Å². The van der Waals surface area contributed by atoms with Gasteiger partial charge in [-0.3, -0.25) is 9.78 Å². The number of aromatic nitrogens is 4. The van der Waals surface area contributed by atoms with E-state index < -0.39 is 17.8 Å². The predicted molar refractivity (Wildman–Crippen MR) is 135 cm³/mol. The van der Waals surface area contributed by atoms with E-state index in [9.17, 15) is 14.0 Å². The monoisotopic (exact) mass is 500 g/mol. The highest BCUT2D eigenvalue weighted by Crippen LogP contribution is 2.31. The van der Waals surface area contributed by atoms with Crippen molar-refractivity contribution in [2.45, 2.75) is 6.42 Å². The molecule has 1 aromatic carbocycles. The Labute approximate surface area is 210 Å². The van der Waals surface area contributed by atoms with Crippen molar-refractivity contribution in [3.05, 3.63) is 73.5 Å². The standard InChI is InChI=1S/C25H21FN8O3/c1-2-21(35)30-16-8-9-27-19(12-16)22-18(26)6-4-15-13-29-24(32-23(15)22)31-17-5-7-20(28-14-17)33-37-25(36)34-10-3-11-34/h2,4-9,12-14H,1,3,10-11H2,(H,28,33)(H,27,30,35)(H,29,31,32). The molecule has 0 bridgehead atoms. The van der Waals surface area contributed by atoms with Crippen LogP contribution in [0.25, 0.3) is 22.2 Å². The molecule has 0 radical (unpaired) electrons. The number of anilines is 4. The molecule has 0 saturated carbocycles. The van der Waals surface area contributed by atoms with Gasteiger partial charge in [-0.05, 0) is 48.9 Å². The summed E-state index contributed by atoms with van der Waals surface area (Å²) < 4.78 is 15.0. The fourth-order valence-electron chi connectivity index (χ4n) is 3.53. The number of fused-ring (bicyclic) bond motifs is 1. The van der Waals surface area contributed by atoms with Gasteiger partial charge in [-0.1, -0.05) is 6.58 Å². The van der Waals surface area contributed by atoms with Crippen molar-refractivity contribution in [1.29, 1.82) is 0 Å². The van der Waals surface area contributed by atoms with E-state index in [0.717, 1.165) is 12.5 Å². The first-order valence-corrected chi connectivity index (χ1v) is 11.3. The summed E-state index contributed by atoms with van der Waals surface area (Å²) in [5, 5.41) is 6.27. The molecule has 186 valence electrons. The number of carbonyl (C=O) groups is 2. The lowest BCUT2D eigenvalue weighted by Gasteiger charge is -2.29. The topological polar surface area (TPSA) is 134 Å². The molecule has 0 spiro atoms. The molecule has 0 unspecified atom stereocenters. The maximum Gasteiger partial charge on any atom is 0.434 e. The minimum atomic E-state index is -0.526. The highest BCUT2D eigenvalue weighted by Gasteiger charge is 2.22. The van der Waals surface area contributed by atoms with Crippen molar-refractivity contribution in [2.75, 3.05) is 29.2 Å². The second-order valence-electron chi connectivity index (χ2n) is 8.04. The van der Waals surface area contributed by atoms with Gasteiger partial charge in [-0.15, -0.1) is 0 Å². The molecule has 1 fully saturated rings. The summed E-state index contributed by atoms with van der Waals surface area (Å²) in [5.74, 6) is -0.366. The number of hydrogen-bond acceptors (Lipinski definition) is 9. The number of amides is 2. The third-order valence-electron chi connectivity index (χ3n) is 5.55. The SMILES string of the molecule is C=CC(=O)Nc1ccnc(-c2c(F)ccc3cnc(Nc4ccc(NOC(=O)N5CCC5)nc4)nc23)c1. The van der Waals surface area contributed by atoms with Crippen LogP contribution in [0.5, 0.6) is 0 Å². The maximum absolute atomic E-state index is 15.0. The van der Waals surface area contributed by atoms with Gasteiger partial charge in [0.2, 0.25) is 11.9 Å². The second kappa shape index (κ2) is 10.2. The van der Waals surface area contributed by atoms with E-state index in [2.05, 4.69) is 42.6 Å². The lowest BCUT2D eigenvalue weighted by Crippen LogP contribution is -2.43. The molecule has 0 atom stereocenters. The number of halogens is 1. The van der Waals surface area contributed by atoms with Gasteiger partial charge in [0.25, 0.3) is 0 Å². The lowest BCUT2D eigenvalue weighted by atomic mass is 10.1. The van der Waals surface area contributed by atoms with Crippen LogP contribution in [0, 0.1) is 5.82 Å². The summed E-state index contributed by atoms with van der Waals surface area (Å²) in [6.07, 6.45) is 6.19. The zero-order valence-corrected chi connectivity index (χ0v) is 19.4. The first kappa shape index (κ1) is 23.6. The molecule has 1 aliphatic heterocycles. The van der Waals surface area contributed by atoms with E-state index >= 15 is 0 Å². The van der Waals surface area contributed by atoms with Gasteiger partial charge in [0, 0.05) is 36.6 Å². The zero-order valence-electron chi connectivity index (χ0n) is 19.4. The number of benzene rings is 1. The van der Waals surface area contributed by atoms with E-state index in [4.69, 9.17) is 4.84 Å². The van der Waals surface area contributed by atoms with Crippen molar-refractivity contribution < 1.29 is 18.8 Å². The van der Waals surface area contributed by atoms with Crippen LogP contribution in [0.2, 0.25) is 0 Å². The number of likely N-dealkylation sites (tertiary alicyclic amines) is 1. The number of nitrogens with one attached hydrogen (secondary N) is 3. The van der Waals surface area contributed by atoms with E-state index in [1.54, 1.807) is 41.4 Å². The maximum atomic E-state index is 15.0. The largest absolute Gasteiger partial charge is 0.434 e. The summed E-state index contributed by atoms with van der Waals surface area (Å²) in [7, 11) is 0. The molecular formula is C25H21FN8O3. The Hall–Kier alpha value is -5.13. The van der Waals surface area contributed by atoms with Gasteiger partial charge >= 0.3 is 6.09 Å². The molecular weight excluding hydrogens is 479 g/mol. The fourth-order valence-corrected chi connectivity index (χ4v) is 3.53. The van der Waals surface area contributed by atoms with E-state index in [1.807, 2.05) is 0 Å². The van der Waals surface area contributed by atoms with Gasteiger partial charge in [-0.2, -0.15) is 5.48 Å². The van der Waals surface area contributed by atoms with Crippen LogP contribution in [0.3, 0.4) is 0 Å². The molecule has 3 aromatic heterocycles. The third kappa shape index (κ3) is 5.27. The average molecular weight is 500 g/mol. The van der Waals surface area contributed by atoms with Gasteiger partial charge in [0.15, 0.2) is 5.82 Å². The Balaban J connectivity index is 1.36. The molecule has 1 saturated heterocycles. The van der Waals surface area contributed by atoms with Crippen molar-refractivity contribution in [2.24, 2.45) is 0 Å². The smallest absolute Gasteiger partial charge is 0.323 e. The molecule has 1 aliphatic rings. The van der Waals surface area contributed by atoms with Crippen LogP contribution < -0.4 is 16.1 Å². The van der Waals surface area contributed by atoms with Crippen LogP contribution in [0.4, 0.5) is 32.3 Å². The summed E-state index contributed by atoms with van der Waals surface area (Å²) in [6, 6.07) is 9.34. The number of hydrogen-bond donors (Lipinski definition) is 3. The predicted octanol–water partition coefficient (Wildman–Crippen LogP) is 4.26. The molecule has 37 heavy (non-hydrogen) atoms. The first-order valence-electron chi connectivity index (χ1n) is 11.3. The average Bonchev–Trinajstić information content (AvgIpc) is 2.87. The van der Waals surface area contributed by atoms with Gasteiger partial charge in [0.1, 0.15) is 5.82 Å². The van der Waals surface area contributed by atoms with E-state index in [-0.39, 0.29) is 11.5 Å². The molecule has 11 nitrogen and oxygen atoms in total. The molecule has 4 aromatic rings. The Morgan fingerprint density at radius 3 is 2.65 bits per heavy atom. The molecule has 2 amide bonds. The minimum absolute atomic E-state index is 0.166. The zero-order chi connectivity index (χ0) is 25.8. The second-order valence-corrected chi connectivity index (χ2v) is 8.04. The highest BCUT2D eigenvalue weighted by molar-refractivity contribution is 6.00. The van der Waals surface area contributed by atoms with Crippen molar-refractivity contribution in [1.82, 2.24) is 24.8 Å². The number of rotatable bonds is 7. The first-order chi connectivity index (χ1) is 18.0. The van der Waals surface area contributed by atoms with Gasteiger partial charge in [-0.25, -0.2) is 24.1 Å². The quantitative estimate of drug-likeness (QED) is 0.251. The normalized spacial score (nSPS) is 12.4. The molecule has 4 heterocycles. The molecule has 5 rings (SSSR count). The Bertz CT molecular complexity index is 1490. The third-order valence-corrected chi connectivity index (χ3v) is 5.55. The molecule has 0 aliphatic carbocycles. The van der Waals surface area contributed by atoms with Gasteiger partial charge < -0.3 is 20.4 Å². The fraction of sp³-hybridized carbons (Fsp3) is 0.120. The highest BCUT2D eigenvalue weighted by atomic mass is 19.1. The Morgan fingerprint density at radius 2 is 1.92 bits per heavy atom. The molecule has 12 heteroatoms. The number of carbonyl (C=O) groups excluding carboxylic acids is 2. The van der Waals surface area contributed by atoms with Crippen molar-refractivity contribution >= 4 is 46.0 Å². The molecule has 3 N–H and O–H groups in total. The van der Waals surface area contributed by atoms with Gasteiger partial charge in [0.05, 0.1) is 28.7 Å². The Morgan fingerprint density at radius 1 is 1.05 bits per heavy atom. The Kier molecular flexibility index (Phi) is 6.53. The summed E-state index contributed by atoms with van der Waals surface area (Å²) >= 11 is 0. The van der Waals surface area contributed by atoms with Crippen LogP contribution in [0.1, 0.15) is 6.42 Å². The van der Waals surface area contributed by atoms with E-state index in [0.29, 0.717) is 46.9 Å². The lowest BCUT2D eigenvalue weighted by molar-refractivity contribution is -0.111. The summed E-state index contributed by atoms with van der Waals surface area (Å²) in [4.78, 5) is 47.3. The van der Waals surface area contributed by atoms with Crippen LogP contribution >= 0.6 is 0 Å². The number of pyridine rings is 2. The summed E-state index contributed by atoms with van der Waals surface area (Å²) in [5.41, 5.74) is 4.31. The number of nitrogens with zero attached hydrogens (tertiary/aromatic N) is 5.